The van der Waals surface area contributed by atoms with Crippen molar-refractivity contribution < 1.29 is 17.9 Å². The number of nitrogen functional groups attached to an aromatic ring is 1. The Kier molecular flexibility index (Phi) is 6.81. The Morgan fingerprint density at radius 2 is 2.00 bits per heavy atom. The number of nitrogens with two attached hydrogens (primary N) is 1. The monoisotopic (exact) mass is 525 g/mol. The van der Waals surface area contributed by atoms with Gasteiger partial charge in [-0.25, -0.2) is 18.4 Å². The first-order chi connectivity index (χ1) is 17.9. The van der Waals surface area contributed by atoms with Crippen LogP contribution in [0, 0.1) is 5.92 Å². The van der Waals surface area contributed by atoms with E-state index in [2.05, 4.69) is 14.3 Å². The van der Waals surface area contributed by atoms with Crippen molar-refractivity contribution in [3.8, 4) is 17.0 Å². The summed E-state index contributed by atoms with van der Waals surface area (Å²) in [5, 5.41) is 0. The SMILES string of the molecule is Nc1nccn2c(C3CC(CN4CCS(=O)(=O)CC4)C3)nc(-c3cccc(OCC4CCCCO4)c3)c12. The molecule has 1 atom stereocenters. The van der Waals surface area contributed by atoms with Crippen LogP contribution in [-0.4, -0.2) is 78.1 Å². The van der Waals surface area contributed by atoms with Crippen LogP contribution in [0.1, 0.15) is 43.8 Å². The van der Waals surface area contributed by atoms with E-state index in [-0.39, 0.29) is 17.6 Å². The van der Waals surface area contributed by atoms with E-state index in [4.69, 9.17) is 20.2 Å². The second-order valence-corrected chi connectivity index (χ2v) is 13.0. The summed E-state index contributed by atoms with van der Waals surface area (Å²) in [4.78, 5) is 11.7. The highest BCUT2D eigenvalue weighted by Gasteiger charge is 2.36. The van der Waals surface area contributed by atoms with Crippen molar-refractivity contribution in [3.05, 3.63) is 42.5 Å². The molecule has 37 heavy (non-hydrogen) atoms. The predicted molar refractivity (Wildman–Crippen MR) is 142 cm³/mol. The number of rotatable bonds is 7. The zero-order valence-corrected chi connectivity index (χ0v) is 21.9. The summed E-state index contributed by atoms with van der Waals surface area (Å²) in [5.74, 6) is 3.72. The van der Waals surface area contributed by atoms with Crippen molar-refractivity contribution in [1.29, 1.82) is 0 Å². The summed E-state index contributed by atoms with van der Waals surface area (Å²) < 4.78 is 37.5. The lowest BCUT2D eigenvalue weighted by molar-refractivity contribution is -0.0110. The van der Waals surface area contributed by atoms with Crippen molar-refractivity contribution in [1.82, 2.24) is 19.3 Å². The third-order valence-electron chi connectivity index (χ3n) is 7.98. The van der Waals surface area contributed by atoms with Gasteiger partial charge in [-0.2, -0.15) is 0 Å². The van der Waals surface area contributed by atoms with Crippen molar-refractivity contribution in [2.24, 2.45) is 5.92 Å². The maximum absolute atomic E-state index is 11.7. The number of anilines is 1. The summed E-state index contributed by atoms with van der Waals surface area (Å²) in [6, 6.07) is 8.02. The first-order valence-electron chi connectivity index (χ1n) is 13.4. The topological polar surface area (TPSA) is 112 Å². The number of hydrogen-bond donors (Lipinski definition) is 1. The van der Waals surface area contributed by atoms with E-state index in [1.54, 1.807) is 6.20 Å². The number of ether oxygens (including phenoxy) is 2. The lowest BCUT2D eigenvalue weighted by Crippen LogP contribution is -2.44. The van der Waals surface area contributed by atoms with E-state index in [1.165, 1.54) is 6.42 Å². The molecule has 3 fully saturated rings. The molecule has 2 aliphatic heterocycles. The molecule has 2 N–H and O–H groups in total. The van der Waals surface area contributed by atoms with Crippen molar-refractivity contribution >= 4 is 21.2 Å². The highest BCUT2D eigenvalue weighted by Crippen LogP contribution is 2.43. The average molecular weight is 526 g/mol. The van der Waals surface area contributed by atoms with Crippen LogP contribution in [0.2, 0.25) is 0 Å². The van der Waals surface area contributed by atoms with Gasteiger partial charge in [-0.15, -0.1) is 0 Å². The number of fused-ring (bicyclic) bond motifs is 1. The third-order valence-corrected chi connectivity index (χ3v) is 9.59. The Bertz CT molecular complexity index is 1350. The molecule has 6 rings (SSSR count). The van der Waals surface area contributed by atoms with Crippen LogP contribution in [0.5, 0.6) is 5.75 Å². The fourth-order valence-corrected chi connectivity index (χ4v) is 7.11. The van der Waals surface area contributed by atoms with Crippen molar-refractivity contribution in [2.75, 3.05) is 50.1 Å². The number of imidazole rings is 1. The van der Waals surface area contributed by atoms with Crippen LogP contribution >= 0.6 is 0 Å². The lowest BCUT2D eigenvalue weighted by Gasteiger charge is -2.39. The van der Waals surface area contributed by atoms with E-state index in [9.17, 15) is 8.42 Å². The maximum atomic E-state index is 11.7. The van der Waals surface area contributed by atoms with Gasteiger partial charge in [-0.05, 0) is 50.2 Å². The van der Waals surface area contributed by atoms with Gasteiger partial charge in [0.15, 0.2) is 9.84 Å². The van der Waals surface area contributed by atoms with Gasteiger partial charge in [0.05, 0.1) is 17.6 Å². The molecule has 3 aromatic rings. The van der Waals surface area contributed by atoms with Gasteiger partial charge < -0.3 is 20.1 Å². The van der Waals surface area contributed by atoms with E-state index >= 15 is 0 Å². The van der Waals surface area contributed by atoms with Crippen LogP contribution in [0.15, 0.2) is 36.7 Å². The van der Waals surface area contributed by atoms with Crippen molar-refractivity contribution in [3.63, 3.8) is 0 Å². The molecule has 0 spiro atoms. The largest absolute Gasteiger partial charge is 0.491 e. The van der Waals surface area contributed by atoms with E-state index < -0.39 is 9.84 Å². The predicted octanol–water partition coefficient (Wildman–Crippen LogP) is 3.15. The Morgan fingerprint density at radius 3 is 2.78 bits per heavy atom. The first kappa shape index (κ1) is 24.6. The summed E-state index contributed by atoms with van der Waals surface area (Å²) >= 11 is 0. The molecule has 0 bridgehead atoms. The van der Waals surface area contributed by atoms with Gasteiger partial charge in [0.25, 0.3) is 0 Å². The van der Waals surface area contributed by atoms with Gasteiger partial charge >= 0.3 is 0 Å². The third kappa shape index (κ3) is 5.32. The number of aromatic nitrogens is 3. The molecule has 3 aliphatic rings. The van der Waals surface area contributed by atoms with Crippen LogP contribution in [0.25, 0.3) is 16.8 Å². The number of hydrogen-bond acceptors (Lipinski definition) is 8. The quantitative estimate of drug-likeness (QED) is 0.501. The Labute approximate surface area is 217 Å². The summed E-state index contributed by atoms with van der Waals surface area (Å²) in [6.45, 7) is 3.61. The smallest absolute Gasteiger partial charge is 0.152 e. The Hall–Kier alpha value is -2.69. The molecule has 1 aromatic carbocycles. The molecule has 10 heteroatoms. The summed E-state index contributed by atoms with van der Waals surface area (Å²) in [5.41, 5.74) is 8.97. The minimum Gasteiger partial charge on any atom is -0.491 e. The van der Waals surface area contributed by atoms with Gasteiger partial charge in [0, 0.05) is 50.1 Å². The highest BCUT2D eigenvalue weighted by atomic mass is 32.2. The molecule has 0 amide bonds. The van der Waals surface area contributed by atoms with Gasteiger partial charge in [0.2, 0.25) is 0 Å². The Balaban J connectivity index is 1.18. The van der Waals surface area contributed by atoms with Crippen LogP contribution < -0.4 is 10.5 Å². The zero-order valence-electron chi connectivity index (χ0n) is 21.1. The zero-order chi connectivity index (χ0) is 25.4. The number of benzene rings is 1. The fourth-order valence-electron chi connectivity index (χ4n) is 5.83. The number of sulfone groups is 1. The van der Waals surface area contributed by atoms with E-state index in [0.29, 0.717) is 37.4 Å². The second-order valence-electron chi connectivity index (χ2n) is 10.7. The molecule has 1 aliphatic carbocycles. The van der Waals surface area contributed by atoms with Crippen LogP contribution in [-0.2, 0) is 14.6 Å². The molecule has 4 heterocycles. The first-order valence-corrected chi connectivity index (χ1v) is 15.2. The lowest BCUT2D eigenvalue weighted by atomic mass is 9.74. The molecule has 2 saturated heterocycles. The molecular weight excluding hydrogens is 490 g/mol. The molecule has 1 saturated carbocycles. The molecule has 9 nitrogen and oxygen atoms in total. The standard InChI is InChI=1S/C27H35N5O4S/c28-26-25-24(20-4-3-6-22(16-20)36-18-23-5-1-2-11-35-23)30-27(32(25)8-7-29-26)21-14-19(15-21)17-31-9-12-37(33,34)13-10-31/h3-4,6-8,16,19,21,23H,1-2,5,9-15,17-18H2,(H2,28,29). The van der Waals surface area contributed by atoms with Gasteiger partial charge in [-0.3, -0.25) is 4.40 Å². The van der Waals surface area contributed by atoms with Crippen LogP contribution in [0.4, 0.5) is 5.82 Å². The summed E-state index contributed by atoms with van der Waals surface area (Å²) in [6.07, 6.45) is 9.25. The molecule has 1 unspecified atom stereocenters. The highest BCUT2D eigenvalue weighted by molar-refractivity contribution is 7.91. The Morgan fingerprint density at radius 1 is 1.16 bits per heavy atom. The second kappa shape index (κ2) is 10.2. The van der Waals surface area contributed by atoms with E-state index in [1.807, 2.05) is 30.5 Å². The minimum absolute atomic E-state index is 0.151. The molecule has 198 valence electrons. The molecule has 0 radical (unpaired) electrons. The molecular formula is C27H35N5O4S. The van der Waals surface area contributed by atoms with Crippen molar-refractivity contribution in [2.45, 2.75) is 44.1 Å². The fraction of sp³-hybridized carbons (Fsp3) is 0.556. The van der Waals surface area contributed by atoms with E-state index in [0.717, 1.165) is 67.2 Å². The van der Waals surface area contributed by atoms with Gasteiger partial charge in [0.1, 0.15) is 35.2 Å². The minimum atomic E-state index is -2.85. The molecule has 2 aromatic heterocycles. The van der Waals surface area contributed by atoms with Gasteiger partial charge in [-0.1, -0.05) is 12.1 Å². The normalized spacial score (nSPS) is 26.1. The van der Waals surface area contributed by atoms with Crippen LogP contribution in [0.3, 0.4) is 0 Å². The number of nitrogens with zero attached hydrogens (tertiary/aromatic N) is 4. The summed E-state index contributed by atoms with van der Waals surface area (Å²) in [7, 11) is -2.85. The average Bonchev–Trinajstić information content (AvgIpc) is 3.27. The maximum Gasteiger partial charge on any atom is 0.152 e.